The molecule has 2 aromatic rings. The standard InChI is InChI=1S/C17H16ClF3N2O/c18-16-12(11-23-9-1-2-10-23)5-3-6-13(16)24-15-8-4-7-14(22-15)17(19,20)21/h3-8H,1-2,9-11H2. The van der Waals surface area contributed by atoms with Crippen molar-refractivity contribution in [3.63, 3.8) is 0 Å². The van der Waals surface area contributed by atoms with Crippen molar-refractivity contribution in [1.29, 1.82) is 0 Å². The van der Waals surface area contributed by atoms with Crippen molar-refractivity contribution >= 4 is 11.6 Å². The van der Waals surface area contributed by atoms with Gasteiger partial charge in [-0.2, -0.15) is 13.2 Å². The van der Waals surface area contributed by atoms with Gasteiger partial charge in [0.25, 0.3) is 0 Å². The third-order valence-electron chi connectivity index (χ3n) is 3.86. The number of halogens is 4. The van der Waals surface area contributed by atoms with Crippen LogP contribution in [0.25, 0.3) is 0 Å². The highest BCUT2D eigenvalue weighted by Gasteiger charge is 2.32. The Morgan fingerprint density at radius 1 is 1.08 bits per heavy atom. The van der Waals surface area contributed by atoms with E-state index in [1.807, 2.05) is 6.07 Å². The molecule has 2 heterocycles. The summed E-state index contributed by atoms with van der Waals surface area (Å²) in [4.78, 5) is 5.78. The monoisotopic (exact) mass is 356 g/mol. The Morgan fingerprint density at radius 2 is 1.79 bits per heavy atom. The fraction of sp³-hybridized carbons (Fsp3) is 0.353. The maximum Gasteiger partial charge on any atom is 0.433 e. The van der Waals surface area contributed by atoms with Crippen molar-refractivity contribution < 1.29 is 17.9 Å². The van der Waals surface area contributed by atoms with Crippen LogP contribution in [-0.4, -0.2) is 23.0 Å². The molecule has 0 atom stereocenters. The van der Waals surface area contributed by atoms with E-state index in [0.29, 0.717) is 17.3 Å². The Bertz CT molecular complexity index is 715. The Morgan fingerprint density at radius 3 is 2.50 bits per heavy atom. The highest BCUT2D eigenvalue weighted by Crippen LogP contribution is 2.34. The van der Waals surface area contributed by atoms with Gasteiger partial charge >= 0.3 is 6.18 Å². The molecule has 1 aliphatic rings. The van der Waals surface area contributed by atoms with E-state index in [4.69, 9.17) is 16.3 Å². The van der Waals surface area contributed by atoms with E-state index in [2.05, 4.69) is 9.88 Å². The maximum absolute atomic E-state index is 12.7. The largest absolute Gasteiger partial charge is 0.437 e. The lowest BCUT2D eigenvalue weighted by atomic mass is 10.2. The summed E-state index contributed by atoms with van der Waals surface area (Å²) in [5.41, 5.74) is -0.104. The molecule has 1 aromatic heterocycles. The number of hydrogen-bond acceptors (Lipinski definition) is 3. The highest BCUT2D eigenvalue weighted by atomic mass is 35.5. The highest BCUT2D eigenvalue weighted by molar-refractivity contribution is 6.32. The molecule has 1 aliphatic heterocycles. The van der Waals surface area contributed by atoms with E-state index >= 15 is 0 Å². The van der Waals surface area contributed by atoms with Crippen LogP contribution in [-0.2, 0) is 12.7 Å². The normalized spacial score (nSPS) is 15.7. The van der Waals surface area contributed by atoms with Gasteiger partial charge in [-0.05, 0) is 43.6 Å². The summed E-state index contributed by atoms with van der Waals surface area (Å²) < 4.78 is 43.7. The van der Waals surface area contributed by atoms with Crippen molar-refractivity contribution in [1.82, 2.24) is 9.88 Å². The van der Waals surface area contributed by atoms with Gasteiger partial charge in [0.2, 0.25) is 5.88 Å². The van der Waals surface area contributed by atoms with Crippen LogP contribution < -0.4 is 4.74 Å². The summed E-state index contributed by atoms with van der Waals surface area (Å²) in [5.74, 6) is 0.172. The van der Waals surface area contributed by atoms with E-state index < -0.39 is 11.9 Å². The Labute approximate surface area is 143 Å². The first-order valence-electron chi connectivity index (χ1n) is 7.65. The summed E-state index contributed by atoms with van der Waals surface area (Å²) in [6.07, 6.45) is -2.18. The Balaban J connectivity index is 1.80. The zero-order chi connectivity index (χ0) is 17.2. The van der Waals surface area contributed by atoms with E-state index in [-0.39, 0.29) is 5.88 Å². The second-order valence-corrected chi connectivity index (χ2v) is 6.05. The molecular weight excluding hydrogens is 341 g/mol. The van der Waals surface area contributed by atoms with Gasteiger partial charge in [-0.25, -0.2) is 4.98 Å². The van der Waals surface area contributed by atoms with Crippen LogP contribution >= 0.6 is 11.6 Å². The molecule has 7 heteroatoms. The van der Waals surface area contributed by atoms with Gasteiger partial charge in [0.1, 0.15) is 11.4 Å². The molecule has 0 radical (unpaired) electrons. The van der Waals surface area contributed by atoms with Crippen molar-refractivity contribution in [2.75, 3.05) is 13.1 Å². The molecule has 0 N–H and O–H groups in total. The summed E-state index contributed by atoms with van der Waals surface area (Å²) in [5, 5.41) is 0.406. The molecule has 3 rings (SSSR count). The number of hydrogen-bond donors (Lipinski definition) is 0. The molecular formula is C17H16ClF3N2O. The first-order valence-corrected chi connectivity index (χ1v) is 8.03. The Kier molecular flexibility index (Phi) is 4.96. The molecule has 1 saturated heterocycles. The minimum absolute atomic E-state index is 0.134. The smallest absolute Gasteiger partial charge is 0.433 e. The van der Waals surface area contributed by atoms with Gasteiger partial charge in [0.05, 0.1) is 5.02 Å². The van der Waals surface area contributed by atoms with Crippen LogP contribution in [0.4, 0.5) is 13.2 Å². The van der Waals surface area contributed by atoms with Crippen LogP contribution in [0.2, 0.25) is 5.02 Å². The lowest BCUT2D eigenvalue weighted by molar-refractivity contribution is -0.141. The number of aromatic nitrogens is 1. The van der Waals surface area contributed by atoms with Crippen LogP contribution in [0, 0.1) is 0 Å². The van der Waals surface area contributed by atoms with Crippen LogP contribution in [0.5, 0.6) is 11.6 Å². The van der Waals surface area contributed by atoms with Crippen molar-refractivity contribution in [2.45, 2.75) is 25.6 Å². The number of pyridine rings is 1. The summed E-state index contributed by atoms with van der Waals surface area (Å²) in [6, 6.07) is 8.83. The van der Waals surface area contributed by atoms with Crippen molar-refractivity contribution in [3.8, 4) is 11.6 Å². The first-order chi connectivity index (χ1) is 11.4. The molecule has 1 aromatic carbocycles. The quantitative estimate of drug-likeness (QED) is 0.758. The minimum Gasteiger partial charge on any atom is -0.437 e. The fourth-order valence-corrected chi connectivity index (χ4v) is 2.91. The van der Waals surface area contributed by atoms with Gasteiger partial charge in [-0.3, -0.25) is 4.90 Å². The number of ether oxygens (including phenoxy) is 1. The van der Waals surface area contributed by atoms with Gasteiger partial charge in [0, 0.05) is 12.6 Å². The van der Waals surface area contributed by atoms with Crippen molar-refractivity contribution in [3.05, 3.63) is 52.7 Å². The van der Waals surface area contributed by atoms with E-state index in [1.165, 1.54) is 25.0 Å². The lowest BCUT2D eigenvalue weighted by Crippen LogP contribution is -2.18. The zero-order valence-corrected chi connectivity index (χ0v) is 13.6. The van der Waals surface area contributed by atoms with E-state index in [0.717, 1.165) is 24.7 Å². The predicted molar refractivity (Wildman–Crippen MR) is 85.3 cm³/mol. The van der Waals surface area contributed by atoms with Gasteiger partial charge < -0.3 is 4.74 Å². The third kappa shape index (κ3) is 3.99. The average Bonchev–Trinajstić information content (AvgIpc) is 3.04. The van der Waals surface area contributed by atoms with Gasteiger partial charge in [-0.1, -0.05) is 29.8 Å². The SMILES string of the molecule is FC(F)(F)c1cccc(Oc2cccc(CN3CCCC3)c2Cl)n1. The average molecular weight is 357 g/mol. The summed E-state index contributed by atoms with van der Waals surface area (Å²) >= 11 is 6.37. The molecule has 1 fully saturated rings. The topological polar surface area (TPSA) is 25.4 Å². The van der Waals surface area contributed by atoms with Gasteiger partial charge in [-0.15, -0.1) is 0 Å². The van der Waals surface area contributed by atoms with E-state index in [1.54, 1.807) is 12.1 Å². The van der Waals surface area contributed by atoms with E-state index in [9.17, 15) is 13.2 Å². The molecule has 128 valence electrons. The summed E-state index contributed by atoms with van der Waals surface area (Å²) in [6.45, 7) is 2.75. The summed E-state index contributed by atoms with van der Waals surface area (Å²) in [7, 11) is 0. The zero-order valence-electron chi connectivity index (χ0n) is 12.8. The molecule has 0 spiro atoms. The number of likely N-dealkylation sites (tertiary alicyclic amines) is 1. The molecule has 0 aliphatic carbocycles. The van der Waals surface area contributed by atoms with Crippen LogP contribution in [0.1, 0.15) is 24.1 Å². The number of nitrogens with zero attached hydrogens (tertiary/aromatic N) is 2. The second kappa shape index (κ2) is 6.99. The number of alkyl halides is 3. The predicted octanol–water partition coefficient (Wildman–Crippen LogP) is 5.14. The maximum atomic E-state index is 12.7. The molecule has 0 unspecified atom stereocenters. The fourth-order valence-electron chi connectivity index (χ4n) is 2.68. The number of rotatable bonds is 4. The Hall–Kier alpha value is -1.79. The third-order valence-corrected chi connectivity index (χ3v) is 4.29. The van der Waals surface area contributed by atoms with Crippen LogP contribution in [0.15, 0.2) is 36.4 Å². The first kappa shape index (κ1) is 17.0. The lowest BCUT2D eigenvalue weighted by Gasteiger charge is -2.17. The van der Waals surface area contributed by atoms with Crippen molar-refractivity contribution in [2.24, 2.45) is 0 Å². The number of benzene rings is 1. The molecule has 3 nitrogen and oxygen atoms in total. The molecule has 0 bridgehead atoms. The molecule has 24 heavy (non-hydrogen) atoms. The molecule has 0 saturated carbocycles. The van der Waals surface area contributed by atoms with Gasteiger partial charge in [0.15, 0.2) is 0 Å². The second-order valence-electron chi connectivity index (χ2n) is 5.67. The molecule has 0 amide bonds. The van der Waals surface area contributed by atoms with Crippen LogP contribution in [0.3, 0.4) is 0 Å². The minimum atomic E-state index is -4.51.